The predicted octanol–water partition coefficient (Wildman–Crippen LogP) is 6.57. The number of amides is 2. The van der Waals surface area contributed by atoms with Crippen molar-refractivity contribution in [2.24, 2.45) is 21.0 Å². The molecule has 0 N–H and O–H groups in total. The first-order chi connectivity index (χ1) is 20.3. The van der Waals surface area contributed by atoms with Crippen LogP contribution in [0, 0.1) is 22.5 Å². The number of hydrogen-bond donors (Lipinski definition) is 0. The standard InChI is InChI=1S/C34H28F2N4O2/c1-23-33(21-25-13-17-27(35)18-14-25,31(41)39(37-23)29-9-5-3-6-10-29)34(22-26-15-19-28(36)20-16-26)24(2)38-40(32(34)42)30-11-7-4-8-12-30/h3-20H,21-22H2,1-2H3. The highest BCUT2D eigenvalue weighted by Crippen LogP contribution is 2.55. The number of hydrazone groups is 2. The molecule has 42 heavy (non-hydrogen) atoms. The topological polar surface area (TPSA) is 65.3 Å². The second kappa shape index (κ2) is 10.4. The molecule has 2 aliphatic heterocycles. The van der Waals surface area contributed by atoms with E-state index in [-0.39, 0.29) is 12.8 Å². The van der Waals surface area contributed by atoms with Crippen molar-refractivity contribution in [1.82, 2.24) is 0 Å². The maximum atomic E-state index is 14.9. The minimum atomic E-state index is -1.54. The van der Waals surface area contributed by atoms with E-state index in [0.717, 1.165) is 0 Å². The first-order valence-corrected chi connectivity index (χ1v) is 13.7. The van der Waals surface area contributed by atoms with Crippen molar-refractivity contribution >= 4 is 34.6 Å². The Morgan fingerprint density at radius 2 is 0.881 bits per heavy atom. The molecule has 0 bridgehead atoms. The Hall–Kier alpha value is -4.98. The van der Waals surface area contributed by atoms with Gasteiger partial charge in [-0.2, -0.15) is 20.2 Å². The Morgan fingerprint density at radius 1 is 0.548 bits per heavy atom. The van der Waals surface area contributed by atoms with Crippen LogP contribution in [0.25, 0.3) is 0 Å². The van der Waals surface area contributed by atoms with E-state index in [0.29, 0.717) is 33.9 Å². The fourth-order valence-electron chi connectivity index (χ4n) is 6.23. The summed E-state index contributed by atoms with van der Waals surface area (Å²) in [5.41, 5.74) is 0.213. The molecule has 6 nitrogen and oxygen atoms in total. The average molecular weight is 563 g/mol. The minimum Gasteiger partial charge on any atom is -0.271 e. The van der Waals surface area contributed by atoms with Gasteiger partial charge < -0.3 is 0 Å². The number of halogens is 2. The Kier molecular flexibility index (Phi) is 6.77. The van der Waals surface area contributed by atoms with Crippen LogP contribution in [0.1, 0.15) is 25.0 Å². The Morgan fingerprint density at radius 3 is 1.21 bits per heavy atom. The van der Waals surface area contributed by atoms with E-state index in [1.54, 1.807) is 62.4 Å². The van der Waals surface area contributed by atoms with E-state index in [4.69, 9.17) is 10.2 Å². The number of benzene rings is 4. The molecule has 0 radical (unpaired) electrons. The van der Waals surface area contributed by atoms with Crippen LogP contribution in [-0.2, 0) is 22.4 Å². The molecule has 210 valence electrons. The molecule has 4 aromatic carbocycles. The maximum Gasteiger partial charge on any atom is 0.261 e. The van der Waals surface area contributed by atoms with Gasteiger partial charge in [0.25, 0.3) is 11.8 Å². The average Bonchev–Trinajstić information content (AvgIpc) is 3.41. The summed E-state index contributed by atoms with van der Waals surface area (Å²) in [6, 6.07) is 29.9. The number of anilines is 2. The van der Waals surface area contributed by atoms with Crippen molar-refractivity contribution in [3.8, 4) is 0 Å². The second-order valence-corrected chi connectivity index (χ2v) is 10.7. The van der Waals surface area contributed by atoms with Gasteiger partial charge in [0, 0.05) is 0 Å². The normalized spacial score (nSPS) is 22.0. The van der Waals surface area contributed by atoms with Crippen LogP contribution in [0.2, 0.25) is 0 Å². The highest BCUT2D eigenvalue weighted by Gasteiger charge is 2.70. The van der Waals surface area contributed by atoms with Crippen molar-refractivity contribution < 1.29 is 18.4 Å². The lowest BCUT2D eigenvalue weighted by atomic mass is 9.54. The van der Waals surface area contributed by atoms with E-state index in [1.165, 1.54) is 34.3 Å². The number of carbonyl (C=O) groups excluding carboxylic acids is 2. The molecule has 2 unspecified atom stereocenters. The molecule has 2 amide bonds. The van der Waals surface area contributed by atoms with Crippen LogP contribution < -0.4 is 10.0 Å². The largest absolute Gasteiger partial charge is 0.271 e. The Balaban J connectivity index is 1.60. The van der Waals surface area contributed by atoms with Gasteiger partial charge in [-0.3, -0.25) is 9.59 Å². The SMILES string of the molecule is CC1=NN(c2ccccc2)C(=O)C1(Cc1ccc(F)cc1)C1(Cc2ccc(F)cc2)C(=O)N(c2ccccc2)N=C1C. The summed E-state index contributed by atoms with van der Waals surface area (Å²) in [6.45, 7) is 3.50. The number of hydrogen-bond acceptors (Lipinski definition) is 4. The number of para-hydroxylation sites is 2. The Labute approximate surface area is 242 Å². The summed E-state index contributed by atoms with van der Waals surface area (Å²) >= 11 is 0. The molecule has 2 atom stereocenters. The van der Waals surface area contributed by atoms with Crippen molar-refractivity contribution in [2.75, 3.05) is 10.0 Å². The van der Waals surface area contributed by atoms with Gasteiger partial charge in [-0.25, -0.2) is 8.78 Å². The van der Waals surface area contributed by atoms with Crippen LogP contribution in [0.15, 0.2) is 119 Å². The number of rotatable bonds is 7. The van der Waals surface area contributed by atoms with E-state index in [9.17, 15) is 18.4 Å². The minimum absolute atomic E-state index is 0.0627. The molecule has 0 fully saturated rings. The van der Waals surface area contributed by atoms with Crippen molar-refractivity contribution in [3.05, 3.63) is 132 Å². The van der Waals surface area contributed by atoms with Gasteiger partial charge in [0.2, 0.25) is 0 Å². The molecule has 2 heterocycles. The van der Waals surface area contributed by atoms with Gasteiger partial charge in [0.05, 0.1) is 22.8 Å². The van der Waals surface area contributed by atoms with Crippen LogP contribution in [0.3, 0.4) is 0 Å². The number of carbonyl (C=O) groups is 2. The third-order valence-electron chi connectivity index (χ3n) is 8.35. The molecule has 6 rings (SSSR count). The highest BCUT2D eigenvalue weighted by atomic mass is 19.1. The molecule has 0 saturated heterocycles. The Bertz CT molecular complexity index is 1580. The third-order valence-corrected chi connectivity index (χ3v) is 8.35. The van der Waals surface area contributed by atoms with Crippen LogP contribution in [0.4, 0.5) is 20.2 Å². The lowest BCUT2D eigenvalue weighted by Gasteiger charge is -2.44. The summed E-state index contributed by atoms with van der Waals surface area (Å²) < 4.78 is 28.0. The first kappa shape index (κ1) is 27.2. The van der Waals surface area contributed by atoms with Crippen LogP contribution >= 0.6 is 0 Å². The predicted molar refractivity (Wildman–Crippen MR) is 159 cm³/mol. The van der Waals surface area contributed by atoms with Crippen LogP contribution in [-0.4, -0.2) is 23.2 Å². The van der Waals surface area contributed by atoms with Crippen molar-refractivity contribution in [1.29, 1.82) is 0 Å². The molecular weight excluding hydrogens is 534 g/mol. The highest BCUT2D eigenvalue weighted by molar-refractivity contribution is 6.30. The summed E-state index contributed by atoms with van der Waals surface area (Å²) in [5, 5.41) is 12.2. The molecule has 2 aliphatic rings. The molecule has 0 aromatic heterocycles. The van der Waals surface area contributed by atoms with Gasteiger partial charge in [-0.1, -0.05) is 60.7 Å². The summed E-state index contributed by atoms with van der Waals surface area (Å²) in [6.07, 6.45) is 0.125. The van der Waals surface area contributed by atoms with Gasteiger partial charge in [-0.05, 0) is 86.3 Å². The molecule has 4 aromatic rings. The molecular formula is C34H28F2N4O2. The third kappa shape index (κ3) is 4.22. The van der Waals surface area contributed by atoms with Gasteiger partial charge in [0.15, 0.2) is 0 Å². The zero-order chi connectivity index (χ0) is 29.5. The summed E-state index contributed by atoms with van der Waals surface area (Å²) in [4.78, 5) is 29.9. The lowest BCUT2D eigenvalue weighted by molar-refractivity contribution is -0.137. The van der Waals surface area contributed by atoms with Gasteiger partial charge in [-0.15, -0.1) is 0 Å². The fraction of sp³-hybridized carbons (Fsp3) is 0.176. The molecule has 0 aliphatic carbocycles. The molecule has 8 heteroatoms. The fourth-order valence-corrected chi connectivity index (χ4v) is 6.23. The van der Waals surface area contributed by atoms with Gasteiger partial charge in [0.1, 0.15) is 22.5 Å². The number of nitrogens with zero attached hydrogens (tertiary/aromatic N) is 4. The first-order valence-electron chi connectivity index (χ1n) is 13.7. The van der Waals surface area contributed by atoms with E-state index < -0.39 is 34.3 Å². The van der Waals surface area contributed by atoms with Crippen molar-refractivity contribution in [3.63, 3.8) is 0 Å². The van der Waals surface area contributed by atoms with E-state index in [1.807, 2.05) is 36.4 Å². The zero-order valence-corrected chi connectivity index (χ0v) is 23.2. The second-order valence-electron chi connectivity index (χ2n) is 10.7. The monoisotopic (exact) mass is 562 g/mol. The summed E-state index contributed by atoms with van der Waals surface area (Å²) in [7, 11) is 0. The smallest absolute Gasteiger partial charge is 0.261 e. The zero-order valence-electron chi connectivity index (χ0n) is 23.2. The van der Waals surface area contributed by atoms with Crippen molar-refractivity contribution in [2.45, 2.75) is 26.7 Å². The van der Waals surface area contributed by atoms with E-state index in [2.05, 4.69) is 0 Å². The van der Waals surface area contributed by atoms with Crippen LogP contribution in [0.5, 0.6) is 0 Å². The maximum absolute atomic E-state index is 14.9. The quantitative estimate of drug-likeness (QED) is 0.256. The molecule has 0 spiro atoms. The molecule has 0 saturated carbocycles. The summed E-state index contributed by atoms with van der Waals surface area (Å²) in [5.74, 6) is -1.61. The lowest BCUT2D eigenvalue weighted by Crippen LogP contribution is -2.61. The van der Waals surface area contributed by atoms with Gasteiger partial charge >= 0.3 is 0 Å². The van der Waals surface area contributed by atoms with E-state index >= 15 is 0 Å².